The van der Waals surface area contributed by atoms with E-state index in [1.807, 2.05) is 54.7 Å². The van der Waals surface area contributed by atoms with E-state index in [-0.39, 0.29) is 0 Å². The number of hydrogen-bond donors (Lipinski definition) is 0. The van der Waals surface area contributed by atoms with Crippen molar-refractivity contribution in [1.82, 2.24) is 9.97 Å². The lowest BCUT2D eigenvalue weighted by molar-refractivity contribution is 0.294. The van der Waals surface area contributed by atoms with Crippen molar-refractivity contribution in [2.45, 2.75) is 13.5 Å². The summed E-state index contributed by atoms with van der Waals surface area (Å²) >= 11 is 0. The van der Waals surface area contributed by atoms with Gasteiger partial charge < -0.3 is 4.74 Å². The lowest BCUT2D eigenvalue weighted by Gasteiger charge is -2.13. The molecular weight excluding hydrogens is 332 g/mol. The first-order valence-electron chi connectivity index (χ1n) is 8.94. The van der Waals surface area contributed by atoms with Crippen LogP contribution in [0.2, 0.25) is 0 Å². The molecule has 0 saturated carbocycles. The van der Waals surface area contributed by atoms with E-state index in [0.717, 1.165) is 27.8 Å². The van der Waals surface area contributed by atoms with Crippen molar-refractivity contribution in [2.75, 3.05) is 0 Å². The van der Waals surface area contributed by atoms with Crippen LogP contribution in [0.1, 0.15) is 11.1 Å². The number of benzene rings is 2. The van der Waals surface area contributed by atoms with E-state index in [1.54, 1.807) is 12.4 Å². The first kappa shape index (κ1) is 17.0. The topological polar surface area (TPSA) is 35.0 Å². The van der Waals surface area contributed by atoms with Crippen molar-refractivity contribution in [3.63, 3.8) is 0 Å². The molecule has 0 aliphatic rings. The van der Waals surface area contributed by atoms with E-state index in [9.17, 15) is 0 Å². The number of nitrogens with zero attached hydrogens (tertiary/aromatic N) is 2. The molecule has 0 radical (unpaired) electrons. The first-order valence-corrected chi connectivity index (χ1v) is 8.94. The van der Waals surface area contributed by atoms with Crippen molar-refractivity contribution in [1.29, 1.82) is 0 Å². The summed E-state index contributed by atoms with van der Waals surface area (Å²) in [7, 11) is 0. The van der Waals surface area contributed by atoms with Gasteiger partial charge in [0, 0.05) is 30.2 Å². The summed E-state index contributed by atoms with van der Waals surface area (Å²) in [5, 5.41) is 0. The van der Waals surface area contributed by atoms with Gasteiger partial charge in [0.15, 0.2) is 0 Å². The minimum Gasteiger partial charge on any atom is -0.473 e. The van der Waals surface area contributed by atoms with Gasteiger partial charge in [0.1, 0.15) is 6.61 Å². The molecular formula is C24H20N2O. The van der Waals surface area contributed by atoms with E-state index in [4.69, 9.17) is 4.74 Å². The van der Waals surface area contributed by atoms with Crippen LogP contribution in [-0.4, -0.2) is 9.97 Å². The van der Waals surface area contributed by atoms with Gasteiger partial charge >= 0.3 is 0 Å². The minimum atomic E-state index is 0.496. The lowest BCUT2D eigenvalue weighted by Crippen LogP contribution is -1.98. The van der Waals surface area contributed by atoms with Gasteiger partial charge in [0.2, 0.25) is 5.88 Å². The molecule has 4 rings (SSSR count). The first-order chi connectivity index (χ1) is 13.3. The zero-order valence-corrected chi connectivity index (χ0v) is 15.2. The number of hydrogen-bond acceptors (Lipinski definition) is 3. The van der Waals surface area contributed by atoms with Gasteiger partial charge in [0.05, 0.1) is 0 Å². The normalized spacial score (nSPS) is 10.6. The molecule has 2 heterocycles. The van der Waals surface area contributed by atoms with Gasteiger partial charge in [-0.05, 0) is 41.3 Å². The third-order valence-electron chi connectivity index (χ3n) is 4.43. The van der Waals surface area contributed by atoms with Crippen molar-refractivity contribution in [3.8, 4) is 28.1 Å². The van der Waals surface area contributed by atoms with E-state index < -0.39 is 0 Å². The highest BCUT2D eigenvalue weighted by molar-refractivity contribution is 5.83. The Labute approximate surface area is 159 Å². The molecule has 0 atom stereocenters. The quantitative estimate of drug-likeness (QED) is 0.462. The maximum atomic E-state index is 5.95. The molecule has 0 aliphatic carbocycles. The van der Waals surface area contributed by atoms with Gasteiger partial charge in [0.25, 0.3) is 0 Å². The molecule has 3 nitrogen and oxygen atoms in total. The molecule has 0 aliphatic heterocycles. The third kappa shape index (κ3) is 4.04. The Balaban J connectivity index is 1.72. The number of pyridine rings is 2. The molecule has 0 saturated heterocycles. The van der Waals surface area contributed by atoms with Crippen LogP contribution in [0.15, 0.2) is 91.4 Å². The second-order valence-electron chi connectivity index (χ2n) is 6.45. The van der Waals surface area contributed by atoms with E-state index in [1.165, 1.54) is 5.56 Å². The van der Waals surface area contributed by atoms with E-state index in [0.29, 0.717) is 12.5 Å². The molecule has 0 spiro atoms. The Morgan fingerprint density at radius 1 is 0.778 bits per heavy atom. The van der Waals surface area contributed by atoms with Crippen LogP contribution in [-0.2, 0) is 6.61 Å². The molecule has 0 amide bonds. The van der Waals surface area contributed by atoms with E-state index in [2.05, 4.69) is 41.2 Å². The molecule has 0 fully saturated rings. The summed E-state index contributed by atoms with van der Waals surface area (Å²) in [5.74, 6) is 0.619. The van der Waals surface area contributed by atoms with Crippen LogP contribution >= 0.6 is 0 Å². The van der Waals surface area contributed by atoms with Crippen LogP contribution in [0.25, 0.3) is 22.3 Å². The second kappa shape index (κ2) is 7.83. The van der Waals surface area contributed by atoms with Crippen LogP contribution in [0, 0.1) is 6.92 Å². The zero-order chi connectivity index (χ0) is 18.5. The summed E-state index contributed by atoms with van der Waals surface area (Å²) in [6.45, 7) is 2.60. The molecule has 27 heavy (non-hydrogen) atoms. The molecule has 0 unspecified atom stereocenters. The van der Waals surface area contributed by atoms with Crippen LogP contribution < -0.4 is 4.74 Å². The highest BCUT2D eigenvalue weighted by atomic mass is 16.5. The minimum absolute atomic E-state index is 0.496. The summed E-state index contributed by atoms with van der Waals surface area (Å²) < 4.78 is 5.95. The fourth-order valence-corrected chi connectivity index (χ4v) is 3.06. The molecule has 3 heteroatoms. The number of rotatable bonds is 5. The standard InChI is InChI=1S/C24H20N2O/c1-18-6-5-9-21(14-18)22-15-24(27-17-19-7-3-2-4-8-19)26-16-23(22)20-10-12-25-13-11-20/h2-16H,17H2,1H3. The van der Waals surface area contributed by atoms with Gasteiger partial charge in [-0.1, -0.05) is 60.2 Å². The van der Waals surface area contributed by atoms with Gasteiger partial charge in [-0.2, -0.15) is 0 Å². The Kier molecular flexibility index (Phi) is 4.93. The average molecular weight is 352 g/mol. The van der Waals surface area contributed by atoms with Crippen molar-refractivity contribution >= 4 is 0 Å². The third-order valence-corrected chi connectivity index (χ3v) is 4.43. The Morgan fingerprint density at radius 2 is 1.59 bits per heavy atom. The van der Waals surface area contributed by atoms with Crippen molar-refractivity contribution in [2.24, 2.45) is 0 Å². The summed E-state index contributed by atoms with van der Waals surface area (Å²) in [6.07, 6.45) is 5.48. The highest BCUT2D eigenvalue weighted by Crippen LogP contribution is 2.34. The predicted molar refractivity (Wildman–Crippen MR) is 108 cm³/mol. The molecule has 2 aromatic carbocycles. The number of aromatic nitrogens is 2. The fraction of sp³-hybridized carbons (Fsp3) is 0.0833. The van der Waals surface area contributed by atoms with Crippen molar-refractivity contribution < 1.29 is 4.74 Å². The maximum absolute atomic E-state index is 5.95. The Morgan fingerprint density at radius 3 is 2.37 bits per heavy atom. The van der Waals surface area contributed by atoms with Gasteiger partial charge in [-0.3, -0.25) is 4.98 Å². The number of ether oxygens (including phenoxy) is 1. The lowest BCUT2D eigenvalue weighted by atomic mass is 9.96. The summed E-state index contributed by atoms with van der Waals surface area (Å²) in [5.41, 5.74) is 6.74. The van der Waals surface area contributed by atoms with Crippen LogP contribution in [0.4, 0.5) is 0 Å². The zero-order valence-electron chi connectivity index (χ0n) is 15.2. The van der Waals surface area contributed by atoms with Gasteiger partial charge in [-0.25, -0.2) is 4.98 Å². The van der Waals surface area contributed by atoms with Crippen molar-refractivity contribution in [3.05, 3.63) is 103 Å². The monoisotopic (exact) mass is 352 g/mol. The smallest absolute Gasteiger partial charge is 0.214 e. The van der Waals surface area contributed by atoms with Crippen LogP contribution in [0.3, 0.4) is 0 Å². The Hall–Kier alpha value is -3.46. The predicted octanol–water partition coefficient (Wildman–Crippen LogP) is 5.70. The molecule has 0 bridgehead atoms. The highest BCUT2D eigenvalue weighted by Gasteiger charge is 2.11. The molecule has 4 aromatic rings. The Bertz CT molecular complexity index is 1030. The fourth-order valence-electron chi connectivity index (χ4n) is 3.06. The molecule has 132 valence electrons. The number of aryl methyl sites for hydroxylation is 1. The van der Waals surface area contributed by atoms with E-state index >= 15 is 0 Å². The average Bonchev–Trinajstić information content (AvgIpc) is 2.73. The van der Waals surface area contributed by atoms with Crippen LogP contribution in [0.5, 0.6) is 5.88 Å². The second-order valence-corrected chi connectivity index (χ2v) is 6.45. The SMILES string of the molecule is Cc1cccc(-c2cc(OCc3ccccc3)ncc2-c2ccncc2)c1. The largest absolute Gasteiger partial charge is 0.473 e. The molecule has 2 aromatic heterocycles. The summed E-state index contributed by atoms with van der Waals surface area (Å²) in [6, 6.07) is 24.6. The maximum Gasteiger partial charge on any atom is 0.214 e. The van der Waals surface area contributed by atoms with Gasteiger partial charge in [-0.15, -0.1) is 0 Å². The summed E-state index contributed by atoms with van der Waals surface area (Å²) in [4.78, 5) is 8.66. The molecule has 0 N–H and O–H groups in total.